The number of nitrogens with zero attached hydrogens (tertiary/aromatic N) is 3. The maximum absolute atomic E-state index is 13.1. The number of esters is 1. The Morgan fingerprint density at radius 3 is 2.88 bits per heavy atom. The van der Waals surface area contributed by atoms with E-state index in [2.05, 4.69) is 15.3 Å². The third kappa shape index (κ3) is 2.71. The van der Waals surface area contributed by atoms with E-state index in [9.17, 15) is 9.18 Å². The Kier molecular flexibility index (Phi) is 3.83. The van der Waals surface area contributed by atoms with Crippen LogP contribution in [-0.4, -0.2) is 32.6 Å². The molecule has 0 amide bonds. The topological polar surface area (TPSA) is 72.8 Å². The molecule has 2 heterocycles. The van der Waals surface area contributed by atoms with Crippen LogP contribution < -0.4 is 0 Å². The summed E-state index contributed by atoms with van der Waals surface area (Å²) in [6.07, 6.45) is 3.37. The smallest absolute Gasteiger partial charge is 0.359 e. The van der Waals surface area contributed by atoms with Crippen molar-refractivity contribution in [3.8, 4) is 11.3 Å². The predicted octanol–water partition coefficient (Wildman–Crippen LogP) is 2.74. The standard InChI is InChI=1S/C18H17FN4O2/c1-2-25-18(24)17-15-14(8-5-12-9-20-21-16(12)15)23(22-17)10-11-3-6-13(19)7-4-11/h3-4,6-7,9H,2,5,8,10H2,1H3,(H,20,21). The first-order valence-electron chi connectivity index (χ1n) is 8.21. The number of aromatic nitrogens is 4. The number of hydrogen-bond donors (Lipinski definition) is 1. The molecule has 0 aliphatic heterocycles. The molecule has 0 fully saturated rings. The average molecular weight is 340 g/mol. The zero-order valence-electron chi connectivity index (χ0n) is 13.8. The van der Waals surface area contributed by atoms with Gasteiger partial charge in [-0.15, -0.1) is 0 Å². The van der Waals surface area contributed by atoms with E-state index in [1.807, 2.05) is 0 Å². The molecule has 2 aromatic heterocycles. The summed E-state index contributed by atoms with van der Waals surface area (Å²) in [7, 11) is 0. The molecule has 1 aliphatic rings. The molecule has 0 spiro atoms. The lowest BCUT2D eigenvalue weighted by molar-refractivity contribution is 0.0519. The third-order valence-corrected chi connectivity index (χ3v) is 4.37. The van der Waals surface area contributed by atoms with Gasteiger partial charge in [-0.2, -0.15) is 10.2 Å². The molecule has 0 radical (unpaired) electrons. The fourth-order valence-electron chi connectivity index (χ4n) is 3.22. The van der Waals surface area contributed by atoms with E-state index in [0.29, 0.717) is 12.2 Å². The highest BCUT2D eigenvalue weighted by atomic mass is 19.1. The molecule has 0 saturated heterocycles. The van der Waals surface area contributed by atoms with Crippen LogP contribution in [-0.2, 0) is 24.1 Å². The first kappa shape index (κ1) is 15.6. The largest absolute Gasteiger partial charge is 0.461 e. The van der Waals surface area contributed by atoms with E-state index in [4.69, 9.17) is 4.74 Å². The number of hydrogen-bond acceptors (Lipinski definition) is 4. The Bertz CT molecular complexity index is 927. The van der Waals surface area contributed by atoms with Crippen molar-refractivity contribution in [1.82, 2.24) is 20.0 Å². The number of ether oxygens (including phenoxy) is 1. The van der Waals surface area contributed by atoms with Gasteiger partial charge in [-0.1, -0.05) is 12.1 Å². The Balaban J connectivity index is 1.80. The van der Waals surface area contributed by atoms with Gasteiger partial charge in [0.15, 0.2) is 5.69 Å². The molecule has 4 rings (SSSR count). The predicted molar refractivity (Wildman–Crippen MR) is 88.7 cm³/mol. The minimum Gasteiger partial charge on any atom is -0.461 e. The number of aryl methyl sites for hydroxylation is 1. The Morgan fingerprint density at radius 1 is 1.32 bits per heavy atom. The summed E-state index contributed by atoms with van der Waals surface area (Å²) in [5.41, 5.74) is 4.83. The molecule has 0 unspecified atom stereocenters. The third-order valence-electron chi connectivity index (χ3n) is 4.37. The van der Waals surface area contributed by atoms with Gasteiger partial charge in [0.1, 0.15) is 5.82 Å². The number of aromatic amines is 1. The van der Waals surface area contributed by atoms with Gasteiger partial charge in [0.2, 0.25) is 0 Å². The number of halogens is 1. The highest BCUT2D eigenvalue weighted by Gasteiger charge is 2.30. The van der Waals surface area contributed by atoms with Gasteiger partial charge in [0.25, 0.3) is 0 Å². The maximum atomic E-state index is 13.1. The van der Waals surface area contributed by atoms with Crippen molar-refractivity contribution in [2.75, 3.05) is 6.61 Å². The fraction of sp³-hybridized carbons (Fsp3) is 0.278. The second kappa shape index (κ2) is 6.16. The van der Waals surface area contributed by atoms with Crippen molar-refractivity contribution in [2.24, 2.45) is 0 Å². The molecular formula is C18H17FN4O2. The number of carbonyl (C=O) groups is 1. The molecule has 0 atom stereocenters. The summed E-state index contributed by atoms with van der Waals surface area (Å²) in [5, 5.41) is 11.6. The van der Waals surface area contributed by atoms with Crippen molar-refractivity contribution >= 4 is 5.97 Å². The van der Waals surface area contributed by atoms with Crippen molar-refractivity contribution in [1.29, 1.82) is 0 Å². The normalized spacial score (nSPS) is 12.6. The molecular weight excluding hydrogens is 323 g/mol. The zero-order valence-corrected chi connectivity index (χ0v) is 13.8. The van der Waals surface area contributed by atoms with Crippen LogP contribution in [0.4, 0.5) is 4.39 Å². The van der Waals surface area contributed by atoms with Crippen molar-refractivity contribution in [3.05, 3.63) is 58.8 Å². The minimum atomic E-state index is -0.445. The number of nitrogens with one attached hydrogen (secondary N) is 1. The van der Waals surface area contributed by atoms with Crippen molar-refractivity contribution < 1.29 is 13.9 Å². The van der Waals surface area contributed by atoms with Crippen LogP contribution >= 0.6 is 0 Å². The number of H-pyrrole nitrogens is 1. The summed E-state index contributed by atoms with van der Waals surface area (Å²) in [6, 6.07) is 6.28. The summed E-state index contributed by atoms with van der Waals surface area (Å²) < 4.78 is 20.1. The monoisotopic (exact) mass is 340 g/mol. The molecule has 7 heteroatoms. The van der Waals surface area contributed by atoms with E-state index >= 15 is 0 Å². The SMILES string of the molecule is CCOC(=O)c1nn(Cc2ccc(F)cc2)c2c1-c1[nH]ncc1CC2. The van der Waals surface area contributed by atoms with Crippen molar-refractivity contribution in [2.45, 2.75) is 26.3 Å². The Hall–Kier alpha value is -2.96. The molecule has 6 nitrogen and oxygen atoms in total. The van der Waals surface area contributed by atoms with Gasteiger partial charge in [0, 0.05) is 5.69 Å². The number of benzene rings is 1. The second-order valence-corrected chi connectivity index (χ2v) is 5.95. The summed E-state index contributed by atoms with van der Waals surface area (Å²) in [4.78, 5) is 12.4. The van der Waals surface area contributed by atoms with E-state index in [1.54, 1.807) is 29.9 Å². The van der Waals surface area contributed by atoms with E-state index < -0.39 is 5.97 Å². The molecule has 1 N–H and O–H groups in total. The number of carbonyl (C=O) groups excluding carboxylic acids is 1. The summed E-state index contributed by atoms with van der Waals surface area (Å²) in [6.45, 7) is 2.52. The Labute approximate surface area is 143 Å². The maximum Gasteiger partial charge on any atom is 0.359 e. The van der Waals surface area contributed by atoms with Crippen molar-refractivity contribution in [3.63, 3.8) is 0 Å². The van der Waals surface area contributed by atoms with E-state index in [1.165, 1.54) is 12.1 Å². The van der Waals surface area contributed by atoms with Gasteiger partial charge >= 0.3 is 5.97 Å². The first-order chi connectivity index (χ1) is 12.2. The second-order valence-electron chi connectivity index (χ2n) is 5.95. The fourth-order valence-corrected chi connectivity index (χ4v) is 3.22. The number of fused-ring (bicyclic) bond motifs is 3. The zero-order chi connectivity index (χ0) is 17.4. The van der Waals surface area contributed by atoms with Crippen LogP contribution in [0.15, 0.2) is 30.5 Å². The highest BCUT2D eigenvalue weighted by molar-refractivity contribution is 5.96. The van der Waals surface area contributed by atoms with Gasteiger partial charge in [0.05, 0.1) is 30.6 Å². The van der Waals surface area contributed by atoms with Crippen LogP contribution in [0.25, 0.3) is 11.3 Å². The van der Waals surface area contributed by atoms with Gasteiger partial charge in [-0.05, 0) is 43.0 Å². The van der Waals surface area contributed by atoms with Crippen LogP contribution in [0.3, 0.4) is 0 Å². The lowest BCUT2D eigenvalue weighted by atomic mass is 9.94. The minimum absolute atomic E-state index is 0.277. The average Bonchev–Trinajstić information content (AvgIpc) is 3.21. The van der Waals surface area contributed by atoms with Gasteiger partial charge < -0.3 is 4.74 Å². The summed E-state index contributed by atoms with van der Waals surface area (Å²) >= 11 is 0. The van der Waals surface area contributed by atoms with E-state index in [0.717, 1.165) is 40.9 Å². The van der Waals surface area contributed by atoms with Gasteiger partial charge in [-0.25, -0.2) is 9.18 Å². The molecule has 1 aromatic carbocycles. The molecule has 3 aromatic rings. The molecule has 25 heavy (non-hydrogen) atoms. The molecule has 128 valence electrons. The lowest BCUT2D eigenvalue weighted by Gasteiger charge is -2.14. The van der Waals surface area contributed by atoms with Crippen LogP contribution in [0.5, 0.6) is 0 Å². The summed E-state index contributed by atoms with van der Waals surface area (Å²) in [5.74, 6) is -0.723. The first-order valence-corrected chi connectivity index (χ1v) is 8.21. The van der Waals surface area contributed by atoms with Crippen LogP contribution in [0.2, 0.25) is 0 Å². The Morgan fingerprint density at radius 2 is 2.12 bits per heavy atom. The van der Waals surface area contributed by atoms with E-state index in [-0.39, 0.29) is 12.4 Å². The van der Waals surface area contributed by atoms with Gasteiger partial charge in [-0.3, -0.25) is 9.78 Å². The number of rotatable bonds is 4. The lowest BCUT2D eigenvalue weighted by Crippen LogP contribution is -2.10. The molecule has 0 bridgehead atoms. The molecule has 0 saturated carbocycles. The molecule has 1 aliphatic carbocycles. The van der Waals surface area contributed by atoms with Crippen LogP contribution in [0, 0.1) is 5.82 Å². The van der Waals surface area contributed by atoms with Crippen LogP contribution in [0.1, 0.15) is 34.2 Å². The quantitative estimate of drug-likeness (QED) is 0.741. The highest BCUT2D eigenvalue weighted by Crippen LogP contribution is 2.35.